The molecule has 0 amide bonds. The van der Waals surface area contributed by atoms with Crippen LogP contribution in [0.3, 0.4) is 0 Å². The number of hydrogen-bond acceptors (Lipinski definition) is 0. The lowest BCUT2D eigenvalue weighted by atomic mass is 9.68. The molecule has 1 heteroatoms. The van der Waals surface area contributed by atoms with Crippen LogP contribution < -0.4 is 0 Å². The van der Waals surface area contributed by atoms with E-state index >= 15 is 0 Å². The second-order valence-electron chi connectivity index (χ2n) is 21.7. The molecule has 0 radical (unpaired) electrons. The average molecular weight is 709 g/mol. The van der Waals surface area contributed by atoms with Gasteiger partial charge in [0.2, 0.25) is 0 Å². The molecule has 0 saturated heterocycles. The fraction of sp³-hybridized carbons (Fsp3) is 0.840. The first kappa shape index (κ1) is 37.1. The fourth-order valence-electron chi connectivity index (χ4n) is 16.6. The molecule has 8 aliphatic rings. The van der Waals surface area contributed by atoms with Gasteiger partial charge in [0, 0.05) is 0 Å². The lowest BCUT2D eigenvalue weighted by Gasteiger charge is -2.50. The molecule has 0 aromatic carbocycles. The summed E-state index contributed by atoms with van der Waals surface area (Å²) in [5.41, 5.74) is 9.08. The Morgan fingerprint density at radius 2 is 0.922 bits per heavy atom. The Bertz CT molecular complexity index is 1230. The van der Waals surface area contributed by atoms with E-state index in [2.05, 4.69) is 65.1 Å². The molecular formula is C50H80Si. The Kier molecular flexibility index (Phi) is 11.5. The topological polar surface area (TPSA) is 0 Å². The zero-order valence-corrected chi connectivity index (χ0v) is 35.4. The average Bonchev–Trinajstić information content (AvgIpc) is 3.67. The summed E-state index contributed by atoms with van der Waals surface area (Å²) in [5, 5.41) is 0. The minimum atomic E-state index is -1.62. The minimum absolute atomic E-state index is 0.739. The summed E-state index contributed by atoms with van der Waals surface area (Å²) in [6, 6.07) is 0. The van der Waals surface area contributed by atoms with Gasteiger partial charge in [0.25, 0.3) is 0 Å². The van der Waals surface area contributed by atoms with Crippen LogP contribution >= 0.6 is 0 Å². The maximum atomic E-state index is 3.08. The van der Waals surface area contributed by atoms with Crippen LogP contribution in [0.1, 0.15) is 169 Å². The van der Waals surface area contributed by atoms with Crippen molar-refractivity contribution in [3.8, 4) is 0 Å². The molecule has 284 valence electrons. The summed E-state index contributed by atoms with van der Waals surface area (Å²) >= 11 is 0. The van der Waals surface area contributed by atoms with Gasteiger partial charge in [0.15, 0.2) is 0 Å². The van der Waals surface area contributed by atoms with E-state index in [1.807, 2.05) is 11.1 Å². The first-order valence-corrected chi connectivity index (χ1v) is 26.6. The lowest BCUT2D eigenvalue weighted by Crippen LogP contribution is -2.48. The van der Waals surface area contributed by atoms with Gasteiger partial charge < -0.3 is 0 Å². The SMILES string of the molecule is CC1=C[C@@H](C)CC(C2CCCC3C2CC(CC2CCCCC2)C3[Si](C)(C)C2C(CC3CCCCC3)CC3C(C4=CC(C)=C[C@@H](C)C4)CCCC32)=C1. The summed E-state index contributed by atoms with van der Waals surface area (Å²) in [6.07, 6.45) is 44.2. The van der Waals surface area contributed by atoms with Crippen LogP contribution in [-0.4, -0.2) is 8.07 Å². The van der Waals surface area contributed by atoms with Gasteiger partial charge in [0.1, 0.15) is 0 Å². The molecule has 12 atom stereocenters. The van der Waals surface area contributed by atoms with Crippen LogP contribution in [0, 0.1) is 71.0 Å². The predicted octanol–water partition coefficient (Wildman–Crippen LogP) is 15.3. The zero-order chi connectivity index (χ0) is 35.3. The van der Waals surface area contributed by atoms with Gasteiger partial charge in [-0.2, -0.15) is 0 Å². The van der Waals surface area contributed by atoms with Gasteiger partial charge in [-0.3, -0.25) is 0 Å². The summed E-state index contributed by atoms with van der Waals surface area (Å²) < 4.78 is 0. The van der Waals surface area contributed by atoms with Crippen LogP contribution in [0.5, 0.6) is 0 Å². The summed E-state index contributed by atoms with van der Waals surface area (Å²) in [5.74, 6) is 11.5. The Labute approximate surface area is 317 Å². The molecule has 0 aliphatic heterocycles. The van der Waals surface area contributed by atoms with Crippen molar-refractivity contribution >= 4 is 8.07 Å². The van der Waals surface area contributed by atoms with Crippen molar-refractivity contribution < 1.29 is 0 Å². The molecule has 6 saturated carbocycles. The molecule has 0 nitrogen and oxygen atoms in total. The van der Waals surface area contributed by atoms with Gasteiger partial charge >= 0.3 is 0 Å². The van der Waals surface area contributed by atoms with Crippen LogP contribution in [0.25, 0.3) is 0 Å². The van der Waals surface area contributed by atoms with E-state index in [0.717, 1.165) is 82.1 Å². The molecule has 0 aromatic rings. The zero-order valence-electron chi connectivity index (χ0n) is 34.4. The van der Waals surface area contributed by atoms with Crippen molar-refractivity contribution in [2.24, 2.45) is 71.0 Å². The van der Waals surface area contributed by atoms with Crippen LogP contribution in [0.2, 0.25) is 24.2 Å². The molecule has 0 heterocycles. The molecule has 0 N–H and O–H groups in total. The van der Waals surface area contributed by atoms with Crippen molar-refractivity contribution in [2.45, 2.75) is 193 Å². The third-order valence-electron chi connectivity index (χ3n) is 17.8. The normalized spacial score (nSPS) is 42.8. The lowest BCUT2D eigenvalue weighted by molar-refractivity contribution is 0.195. The van der Waals surface area contributed by atoms with E-state index in [4.69, 9.17) is 0 Å². The summed E-state index contributed by atoms with van der Waals surface area (Å²) in [7, 11) is -1.62. The molecular weight excluding hydrogens is 629 g/mol. The third-order valence-corrected chi connectivity index (χ3v) is 23.0. The van der Waals surface area contributed by atoms with Crippen molar-refractivity contribution in [3.05, 3.63) is 46.6 Å². The Hall–Kier alpha value is -0.823. The second kappa shape index (κ2) is 15.7. The van der Waals surface area contributed by atoms with E-state index in [0.29, 0.717) is 0 Å². The van der Waals surface area contributed by atoms with E-state index < -0.39 is 8.07 Å². The standard InChI is InChI=1S/C50H80Si/c1-33-23-34(2)26-39(25-33)43-19-13-21-45-47(43)31-41(29-37-15-9-7-10-16-37)49(45)51(5,6)50-42(30-38-17-11-8-12-18-38)32-48-44(20-14-22-46(48)50)40-27-35(3)24-36(4)28-40/h23-25,27,34,36-38,41-50H,7-22,26,28-32H2,1-6H3/t34-,36-,41?,42?,43?,44?,45?,46?,47?,48?,49?,50?/m1/s1. The molecule has 8 aliphatic carbocycles. The highest BCUT2D eigenvalue weighted by Crippen LogP contribution is 2.69. The molecule has 51 heavy (non-hydrogen) atoms. The van der Waals surface area contributed by atoms with Gasteiger partial charge in [-0.05, 0) is 147 Å². The van der Waals surface area contributed by atoms with Crippen molar-refractivity contribution in [3.63, 3.8) is 0 Å². The summed E-state index contributed by atoms with van der Waals surface area (Å²) in [4.78, 5) is 0. The number of hydrogen-bond donors (Lipinski definition) is 0. The Morgan fingerprint density at radius 3 is 1.31 bits per heavy atom. The van der Waals surface area contributed by atoms with Gasteiger partial charge in [-0.1, -0.05) is 163 Å². The molecule has 0 aromatic heterocycles. The fourth-order valence-corrected chi connectivity index (χ4v) is 23.0. The van der Waals surface area contributed by atoms with E-state index in [1.165, 1.54) is 77.0 Å². The molecule has 10 unspecified atom stereocenters. The number of fused-ring (bicyclic) bond motifs is 2. The van der Waals surface area contributed by atoms with Crippen LogP contribution in [-0.2, 0) is 0 Å². The Morgan fingerprint density at radius 1 is 0.510 bits per heavy atom. The monoisotopic (exact) mass is 709 g/mol. The van der Waals surface area contributed by atoms with Gasteiger partial charge in [0.05, 0.1) is 8.07 Å². The Balaban J connectivity index is 1.14. The van der Waals surface area contributed by atoms with E-state index in [1.54, 1.807) is 75.4 Å². The highest BCUT2D eigenvalue weighted by Gasteiger charge is 2.61. The molecule has 8 rings (SSSR count). The number of rotatable bonds is 8. The predicted molar refractivity (Wildman–Crippen MR) is 223 cm³/mol. The first-order valence-electron chi connectivity index (χ1n) is 23.4. The first-order chi connectivity index (χ1) is 24.7. The maximum Gasteiger partial charge on any atom is 0.0547 e. The molecule has 0 spiro atoms. The second-order valence-corrected chi connectivity index (χ2v) is 26.7. The third kappa shape index (κ3) is 7.71. The van der Waals surface area contributed by atoms with Crippen LogP contribution in [0.4, 0.5) is 0 Å². The quantitative estimate of drug-likeness (QED) is 0.220. The van der Waals surface area contributed by atoms with Gasteiger partial charge in [-0.15, -0.1) is 0 Å². The highest BCUT2D eigenvalue weighted by molar-refractivity contribution is 6.80. The highest BCUT2D eigenvalue weighted by atomic mass is 28.3. The minimum Gasteiger partial charge on any atom is -0.0784 e. The van der Waals surface area contributed by atoms with Crippen molar-refractivity contribution in [1.29, 1.82) is 0 Å². The number of allylic oxidation sites excluding steroid dienone is 8. The van der Waals surface area contributed by atoms with Crippen molar-refractivity contribution in [2.75, 3.05) is 0 Å². The molecule has 0 bridgehead atoms. The maximum absolute atomic E-state index is 3.08. The van der Waals surface area contributed by atoms with Gasteiger partial charge in [-0.25, -0.2) is 0 Å². The largest absolute Gasteiger partial charge is 0.0784 e. The smallest absolute Gasteiger partial charge is 0.0547 e. The van der Waals surface area contributed by atoms with E-state index in [9.17, 15) is 0 Å². The molecule has 6 fully saturated rings. The summed E-state index contributed by atoms with van der Waals surface area (Å²) in [6.45, 7) is 15.9. The van der Waals surface area contributed by atoms with Crippen molar-refractivity contribution in [1.82, 2.24) is 0 Å². The van der Waals surface area contributed by atoms with E-state index in [-0.39, 0.29) is 0 Å². The van der Waals surface area contributed by atoms with Crippen LogP contribution in [0.15, 0.2) is 46.6 Å².